The zero-order chi connectivity index (χ0) is 15.5. The lowest BCUT2D eigenvalue weighted by atomic mass is 9.72. The molecule has 0 N–H and O–H groups in total. The molecule has 0 aromatic carbocycles. The maximum Gasteiger partial charge on any atom is 0.328 e. The van der Waals surface area contributed by atoms with E-state index in [0.717, 1.165) is 0 Å². The summed E-state index contributed by atoms with van der Waals surface area (Å²) < 4.78 is 15.6. The highest BCUT2D eigenvalue weighted by Gasteiger charge is 2.55. The molecule has 0 aromatic rings. The van der Waals surface area contributed by atoms with Crippen molar-refractivity contribution in [3.63, 3.8) is 0 Å². The predicted molar refractivity (Wildman–Crippen MR) is 76.1 cm³/mol. The molecule has 0 saturated heterocycles. The van der Waals surface area contributed by atoms with Gasteiger partial charge in [0, 0.05) is 18.4 Å². The minimum absolute atomic E-state index is 0.110. The van der Waals surface area contributed by atoms with Gasteiger partial charge in [-0.2, -0.15) is 0 Å². The third-order valence-electron chi connectivity index (χ3n) is 3.71. The fraction of sp³-hybridized carbons (Fsp3) is 0.375. The van der Waals surface area contributed by atoms with Gasteiger partial charge in [-0.15, -0.1) is 0 Å². The Morgan fingerprint density at radius 3 is 2.57 bits per heavy atom. The molecule has 0 spiro atoms. The molecule has 5 nitrogen and oxygen atoms in total. The smallest absolute Gasteiger partial charge is 0.328 e. The van der Waals surface area contributed by atoms with Crippen LogP contribution in [0.25, 0.3) is 0 Å². The molecule has 5 heteroatoms. The van der Waals surface area contributed by atoms with Gasteiger partial charge >= 0.3 is 11.9 Å². The van der Waals surface area contributed by atoms with Crippen LogP contribution in [0.15, 0.2) is 48.3 Å². The third-order valence-corrected chi connectivity index (χ3v) is 3.71. The highest BCUT2D eigenvalue weighted by atomic mass is 16.5. The SMILES string of the molecule is C=CC1CC(C(=O)OC)(C(=O)OC)C2=C(CC=CC=C2)O1. The number of carbonyl (C=O) groups excluding carboxylic acids is 2. The Kier molecular flexibility index (Phi) is 4.31. The van der Waals surface area contributed by atoms with Crippen molar-refractivity contribution in [2.75, 3.05) is 14.2 Å². The molecule has 0 radical (unpaired) electrons. The second-order valence-corrected chi connectivity index (χ2v) is 4.81. The van der Waals surface area contributed by atoms with Gasteiger partial charge in [-0.05, 0) is 0 Å². The zero-order valence-corrected chi connectivity index (χ0v) is 12.1. The van der Waals surface area contributed by atoms with Gasteiger partial charge in [0.05, 0.1) is 14.2 Å². The van der Waals surface area contributed by atoms with Crippen molar-refractivity contribution >= 4 is 11.9 Å². The number of carbonyl (C=O) groups is 2. The van der Waals surface area contributed by atoms with Crippen molar-refractivity contribution in [1.29, 1.82) is 0 Å². The Morgan fingerprint density at radius 2 is 2.00 bits per heavy atom. The van der Waals surface area contributed by atoms with E-state index in [1.165, 1.54) is 14.2 Å². The van der Waals surface area contributed by atoms with Crippen molar-refractivity contribution < 1.29 is 23.8 Å². The van der Waals surface area contributed by atoms with Crippen LogP contribution in [-0.2, 0) is 23.8 Å². The van der Waals surface area contributed by atoms with Crippen molar-refractivity contribution in [2.24, 2.45) is 5.41 Å². The maximum atomic E-state index is 12.4. The van der Waals surface area contributed by atoms with Crippen LogP contribution in [0.5, 0.6) is 0 Å². The van der Waals surface area contributed by atoms with Gasteiger partial charge in [-0.3, -0.25) is 9.59 Å². The van der Waals surface area contributed by atoms with E-state index >= 15 is 0 Å². The van der Waals surface area contributed by atoms with Crippen molar-refractivity contribution in [1.82, 2.24) is 0 Å². The monoisotopic (exact) mass is 290 g/mol. The normalized spacial score (nSPS) is 22.7. The number of allylic oxidation sites excluding steroid dienone is 4. The molecule has 21 heavy (non-hydrogen) atoms. The molecular weight excluding hydrogens is 272 g/mol. The minimum atomic E-state index is -1.52. The standard InChI is InChI=1S/C16H18O5/c1-4-11-10-16(14(17)19-2,15(18)20-3)12-8-6-5-7-9-13(12)21-11/h4-8,11H,1,9-10H2,2-3H3. The van der Waals surface area contributed by atoms with E-state index in [-0.39, 0.29) is 6.42 Å². The van der Waals surface area contributed by atoms with Gasteiger partial charge in [0.15, 0.2) is 5.41 Å². The molecule has 112 valence electrons. The highest BCUT2D eigenvalue weighted by molar-refractivity contribution is 6.04. The van der Waals surface area contributed by atoms with Crippen LogP contribution in [0.1, 0.15) is 12.8 Å². The fourth-order valence-corrected chi connectivity index (χ4v) is 2.69. The molecule has 0 fully saturated rings. The summed E-state index contributed by atoms with van der Waals surface area (Å²) in [5.41, 5.74) is -1.03. The van der Waals surface area contributed by atoms with Crippen LogP contribution >= 0.6 is 0 Å². The Balaban J connectivity index is 2.66. The first-order valence-electron chi connectivity index (χ1n) is 6.63. The molecule has 0 bridgehead atoms. The lowest BCUT2D eigenvalue weighted by Crippen LogP contribution is -2.48. The highest BCUT2D eigenvalue weighted by Crippen LogP contribution is 2.45. The van der Waals surface area contributed by atoms with E-state index in [1.54, 1.807) is 18.2 Å². The van der Waals surface area contributed by atoms with Gasteiger partial charge in [0.1, 0.15) is 11.9 Å². The number of methoxy groups -OCH3 is 2. The van der Waals surface area contributed by atoms with E-state index in [4.69, 9.17) is 14.2 Å². The molecule has 0 amide bonds. The summed E-state index contributed by atoms with van der Waals surface area (Å²) in [7, 11) is 2.51. The van der Waals surface area contributed by atoms with Crippen LogP contribution in [0, 0.1) is 5.41 Å². The molecule has 2 rings (SSSR count). The van der Waals surface area contributed by atoms with Gasteiger partial charge < -0.3 is 14.2 Å². The van der Waals surface area contributed by atoms with Crippen molar-refractivity contribution in [3.05, 3.63) is 48.3 Å². The zero-order valence-electron chi connectivity index (χ0n) is 12.1. The number of hydrogen-bond donors (Lipinski definition) is 0. The quantitative estimate of drug-likeness (QED) is 0.452. The molecule has 1 aliphatic carbocycles. The molecule has 0 aromatic heterocycles. The predicted octanol–water partition coefficient (Wildman–Crippen LogP) is 2.06. The summed E-state index contributed by atoms with van der Waals surface area (Å²) in [4.78, 5) is 24.8. The Hall–Kier alpha value is -2.30. The fourth-order valence-electron chi connectivity index (χ4n) is 2.69. The van der Waals surface area contributed by atoms with Gasteiger partial charge in [0.2, 0.25) is 0 Å². The molecule has 1 heterocycles. The van der Waals surface area contributed by atoms with Crippen LogP contribution in [-0.4, -0.2) is 32.3 Å². The van der Waals surface area contributed by atoms with E-state index in [1.807, 2.05) is 12.2 Å². The average Bonchev–Trinajstić information content (AvgIpc) is 2.77. The molecule has 1 atom stereocenters. The van der Waals surface area contributed by atoms with Crippen LogP contribution in [0.4, 0.5) is 0 Å². The van der Waals surface area contributed by atoms with Gasteiger partial charge in [-0.25, -0.2) is 0 Å². The number of hydrogen-bond acceptors (Lipinski definition) is 5. The first-order chi connectivity index (χ1) is 10.1. The topological polar surface area (TPSA) is 61.8 Å². The maximum absolute atomic E-state index is 12.4. The number of rotatable bonds is 3. The van der Waals surface area contributed by atoms with Crippen molar-refractivity contribution in [3.8, 4) is 0 Å². The summed E-state index contributed by atoms with van der Waals surface area (Å²) >= 11 is 0. The minimum Gasteiger partial charge on any atom is -0.490 e. The summed E-state index contributed by atoms with van der Waals surface area (Å²) in [6.45, 7) is 3.69. The van der Waals surface area contributed by atoms with E-state index in [2.05, 4.69) is 6.58 Å². The molecule has 2 aliphatic rings. The van der Waals surface area contributed by atoms with Crippen molar-refractivity contribution in [2.45, 2.75) is 18.9 Å². The summed E-state index contributed by atoms with van der Waals surface area (Å²) in [6, 6.07) is 0. The van der Waals surface area contributed by atoms with E-state index in [0.29, 0.717) is 17.8 Å². The Labute approximate surface area is 123 Å². The van der Waals surface area contributed by atoms with Crippen LogP contribution < -0.4 is 0 Å². The number of esters is 2. The Morgan fingerprint density at radius 1 is 1.33 bits per heavy atom. The summed E-state index contributed by atoms with van der Waals surface area (Å²) in [5.74, 6) is -0.737. The summed E-state index contributed by atoms with van der Waals surface area (Å²) in [5, 5.41) is 0. The molecular formula is C16H18O5. The second-order valence-electron chi connectivity index (χ2n) is 4.81. The molecule has 1 aliphatic heterocycles. The van der Waals surface area contributed by atoms with Crippen LogP contribution in [0.2, 0.25) is 0 Å². The Bertz CT molecular complexity index is 537. The first kappa shape index (κ1) is 15.1. The van der Waals surface area contributed by atoms with Gasteiger partial charge in [-0.1, -0.05) is 37.0 Å². The van der Waals surface area contributed by atoms with E-state index < -0.39 is 23.5 Å². The second kappa shape index (κ2) is 5.99. The lowest BCUT2D eigenvalue weighted by molar-refractivity contribution is -0.169. The van der Waals surface area contributed by atoms with E-state index in [9.17, 15) is 9.59 Å². The summed E-state index contributed by atoms with van der Waals surface area (Å²) in [6.07, 6.45) is 8.91. The average molecular weight is 290 g/mol. The van der Waals surface area contributed by atoms with Gasteiger partial charge in [0.25, 0.3) is 0 Å². The largest absolute Gasteiger partial charge is 0.490 e. The lowest BCUT2D eigenvalue weighted by Gasteiger charge is -2.37. The third kappa shape index (κ3) is 2.39. The first-order valence-corrected chi connectivity index (χ1v) is 6.63. The molecule has 0 saturated carbocycles. The van der Waals surface area contributed by atoms with Crippen LogP contribution in [0.3, 0.4) is 0 Å². The molecule has 1 unspecified atom stereocenters. The number of ether oxygens (including phenoxy) is 3.